The number of carbonyl (C=O) groups is 1. The molecule has 0 spiro atoms. The van der Waals surface area contributed by atoms with Crippen LogP contribution in [-0.2, 0) is 11.3 Å². The smallest absolute Gasteiger partial charge is 0.310 e. The molecule has 1 aromatic heterocycles. The maximum atomic E-state index is 11.4. The summed E-state index contributed by atoms with van der Waals surface area (Å²) in [6.07, 6.45) is 1.92. The summed E-state index contributed by atoms with van der Waals surface area (Å²) >= 11 is 6.09. The van der Waals surface area contributed by atoms with E-state index in [9.17, 15) is 9.90 Å². The maximum Gasteiger partial charge on any atom is 0.310 e. The zero-order chi connectivity index (χ0) is 15.7. The molecule has 22 heavy (non-hydrogen) atoms. The Labute approximate surface area is 133 Å². The minimum absolute atomic E-state index is 0.571. The van der Waals surface area contributed by atoms with Gasteiger partial charge in [-0.2, -0.15) is 0 Å². The van der Waals surface area contributed by atoms with Gasteiger partial charge in [0.15, 0.2) is 0 Å². The first kappa shape index (κ1) is 14.7. The molecule has 0 fully saturated rings. The Morgan fingerprint density at radius 1 is 1.23 bits per heavy atom. The third-order valence-electron chi connectivity index (χ3n) is 3.91. The Morgan fingerprint density at radius 2 is 1.95 bits per heavy atom. The average molecular weight is 314 g/mol. The molecule has 0 bridgehead atoms. The first-order chi connectivity index (χ1) is 10.6. The molecule has 4 heteroatoms. The lowest BCUT2D eigenvalue weighted by molar-refractivity contribution is -0.138. The van der Waals surface area contributed by atoms with E-state index in [1.807, 2.05) is 42.6 Å². The molecule has 1 heterocycles. The number of aromatic nitrogens is 1. The van der Waals surface area contributed by atoms with Crippen LogP contribution < -0.4 is 0 Å². The summed E-state index contributed by atoms with van der Waals surface area (Å²) in [5, 5.41) is 10.8. The van der Waals surface area contributed by atoms with Crippen LogP contribution in [0.25, 0.3) is 10.9 Å². The Bertz CT molecular complexity index is 824. The van der Waals surface area contributed by atoms with E-state index in [-0.39, 0.29) is 0 Å². The van der Waals surface area contributed by atoms with Crippen LogP contribution in [0.5, 0.6) is 0 Å². The second-order valence-electron chi connectivity index (χ2n) is 5.42. The number of nitrogens with zero attached hydrogens (tertiary/aromatic N) is 1. The highest BCUT2D eigenvalue weighted by molar-refractivity contribution is 6.31. The van der Waals surface area contributed by atoms with Crippen molar-refractivity contribution in [3.63, 3.8) is 0 Å². The zero-order valence-electron chi connectivity index (χ0n) is 12.2. The van der Waals surface area contributed by atoms with Crippen LogP contribution in [-0.4, -0.2) is 15.6 Å². The normalized spacial score (nSPS) is 12.5. The van der Waals surface area contributed by atoms with Gasteiger partial charge < -0.3 is 9.67 Å². The second kappa shape index (κ2) is 5.85. The van der Waals surface area contributed by atoms with Gasteiger partial charge in [-0.25, -0.2) is 0 Å². The van der Waals surface area contributed by atoms with Gasteiger partial charge in [0, 0.05) is 28.7 Å². The molecule has 0 aliphatic carbocycles. The lowest BCUT2D eigenvalue weighted by Crippen LogP contribution is -2.06. The van der Waals surface area contributed by atoms with E-state index in [4.69, 9.17) is 11.6 Å². The number of hydrogen-bond acceptors (Lipinski definition) is 1. The number of aliphatic carboxylic acids is 1. The van der Waals surface area contributed by atoms with E-state index in [0.29, 0.717) is 11.6 Å². The molecule has 0 saturated carbocycles. The number of rotatable bonds is 4. The van der Waals surface area contributed by atoms with Gasteiger partial charge in [-0.3, -0.25) is 4.79 Å². The number of halogens is 1. The van der Waals surface area contributed by atoms with Gasteiger partial charge >= 0.3 is 5.97 Å². The predicted molar refractivity (Wildman–Crippen MR) is 88.5 cm³/mol. The summed E-state index contributed by atoms with van der Waals surface area (Å²) < 4.78 is 2.08. The van der Waals surface area contributed by atoms with Crippen molar-refractivity contribution in [3.05, 3.63) is 70.9 Å². The number of carboxylic acid groups (broad SMARTS) is 1. The molecule has 0 aliphatic rings. The van der Waals surface area contributed by atoms with Gasteiger partial charge in [0.05, 0.1) is 5.92 Å². The molecule has 112 valence electrons. The van der Waals surface area contributed by atoms with Gasteiger partial charge in [-0.15, -0.1) is 0 Å². The van der Waals surface area contributed by atoms with E-state index in [0.717, 1.165) is 16.5 Å². The van der Waals surface area contributed by atoms with Crippen molar-refractivity contribution in [2.75, 3.05) is 0 Å². The van der Waals surface area contributed by atoms with Crippen molar-refractivity contribution in [1.29, 1.82) is 0 Å². The first-order valence-corrected chi connectivity index (χ1v) is 7.49. The lowest BCUT2D eigenvalue weighted by atomic mass is 10.0. The molecular weight excluding hydrogens is 298 g/mol. The van der Waals surface area contributed by atoms with Crippen molar-refractivity contribution in [3.8, 4) is 0 Å². The van der Waals surface area contributed by atoms with Crippen LogP contribution in [0.4, 0.5) is 0 Å². The predicted octanol–water partition coefficient (Wildman–Crippen LogP) is 4.53. The molecule has 0 saturated heterocycles. The molecule has 2 aromatic carbocycles. The van der Waals surface area contributed by atoms with Crippen LogP contribution in [0.15, 0.2) is 54.7 Å². The van der Waals surface area contributed by atoms with Gasteiger partial charge in [0.25, 0.3) is 0 Å². The largest absolute Gasteiger partial charge is 0.481 e. The van der Waals surface area contributed by atoms with Crippen molar-refractivity contribution in [1.82, 2.24) is 4.57 Å². The van der Waals surface area contributed by atoms with Crippen LogP contribution in [0.2, 0.25) is 5.02 Å². The standard InChI is InChI=1S/C18H16ClNO2/c1-12(18(21)22)16-11-20(10-13-5-3-2-4-6-13)17-8-7-14(19)9-15(16)17/h2-9,11-12H,10H2,1H3,(H,21,22). The fourth-order valence-corrected chi connectivity index (χ4v) is 2.86. The van der Waals surface area contributed by atoms with E-state index in [1.54, 1.807) is 6.92 Å². The molecular formula is C18H16ClNO2. The third kappa shape index (κ3) is 2.72. The summed E-state index contributed by atoms with van der Waals surface area (Å²) in [6, 6.07) is 15.7. The summed E-state index contributed by atoms with van der Waals surface area (Å²) in [4.78, 5) is 11.4. The zero-order valence-corrected chi connectivity index (χ0v) is 12.9. The summed E-state index contributed by atoms with van der Waals surface area (Å²) in [7, 11) is 0. The number of benzene rings is 2. The molecule has 1 unspecified atom stereocenters. The van der Waals surface area contributed by atoms with Crippen LogP contribution in [0.3, 0.4) is 0 Å². The molecule has 0 aliphatic heterocycles. The number of hydrogen-bond donors (Lipinski definition) is 1. The van der Waals surface area contributed by atoms with Crippen molar-refractivity contribution in [2.45, 2.75) is 19.4 Å². The highest BCUT2D eigenvalue weighted by atomic mass is 35.5. The van der Waals surface area contributed by atoms with E-state index < -0.39 is 11.9 Å². The number of carboxylic acids is 1. The van der Waals surface area contributed by atoms with Gasteiger partial charge in [0.1, 0.15) is 0 Å². The quantitative estimate of drug-likeness (QED) is 0.769. The summed E-state index contributed by atoms with van der Waals surface area (Å²) in [6.45, 7) is 2.40. The monoisotopic (exact) mass is 313 g/mol. The van der Waals surface area contributed by atoms with Crippen LogP contribution >= 0.6 is 11.6 Å². The summed E-state index contributed by atoms with van der Waals surface area (Å²) in [5.74, 6) is -1.41. The highest BCUT2D eigenvalue weighted by Crippen LogP contribution is 2.30. The molecule has 3 nitrogen and oxygen atoms in total. The van der Waals surface area contributed by atoms with Crippen LogP contribution in [0, 0.1) is 0 Å². The molecule has 0 radical (unpaired) electrons. The van der Waals surface area contributed by atoms with Gasteiger partial charge in [0.2, 0.25) is 0 Å². The number of fused-ring (bicyclic) bond motifs is 1. The van der Waals surface area contributed by atoms with Crippen LogP contribution in [0.1, 0.15) is 24.0 Å². The molecule has 1 atom stereocenters. The molecule has 3 aromatic rings. The second-order valence-corrected chi connectivity index (χ2v) is 5.86. The SMILES string of the molecule is CC(C(=O)O)c1cn(Cc2ccccc2)c2ccc(Cl)cc12. The van der Waals surface area contributed by atoms with Gasteiger partial charge in [-0.1, -0.05) is 41.9 Å². The topological polar surface area (TPSA) is 42.2 Å². The van der Waals surface area contributed by atoms with E-state index in [1.165, 1.54) is 5.56 Å². The lowest BCUT2D eigenvalue weighted by Gasteiger charge is -2.05. The van der Waals surface area contributed by atoms with Crippen molar-refractivity contribution >= 4 is 28.5 Å². The van der Waals surface area contributed by atoms with E-state index >= 15 is 0 Å². The fourth-order valence-electron chi connectivity index (χ4n) is 2.69. The molecule has 0 amide bonds. The molecule has 1 N–H and O–H groups in total. The Balaban J connectivity index is 2.13. The molecule has 3 rings (SSSR count). The minimum atomic E-state index is -0.835. The van der Waals surface area contributed by atoms with Gasteiger partial charge in [-0.05, 0) is 36.2 Å². The maximum absolute atomic E-state index is 11.4. The highest BCUT2D eigenvalue weighted by Gasteiger charge is 2.20. The Morgan fingerprint density at radius 3 is 2.64 bits per heavy atom. The average Bonchev–Trinajstić information content (AvgIpc) is 2.85. The Hall–Kier alpha value is -2.26. The first-order valence-electron chi connectivity index (χ1n) is 7.11. The summed E-state index contributed by atoms with van der Waals surface area (Å²) in [5.41, 5.74) is 2.96. The third-order valence-corrected chi connectivity index (χ3v) is 4.14. The van der Waals surface area contributed by atoms with Crippen molar-refractivity contribution < 1.29 is 9.90 Å². The van der Waals surface area contributed by atoms with Crippen molar-refractivity contribution in [2.24, 2.45) is 0 Å². The fraction of sp³-hybridized carbons (Fsp3) is 0.167. The van der Waals surface area contributed by atoms with E-state index in [2.05, 4.69) is 16.7 Å². The Kier molecular flexibility index (Phi) is 3.90. The minimum Gasteiger partial charge on any atom is -0.481 e.